The third-order valence-electron chi connectivity index (χ3n) is 4.22. The predicted octanol–water partition coefficient (Wildman–Crippen LogP) is 4.38. The number of hydrogen-bond acceptors (Lipinski definition) is 7. The Labute approximate surface area is 168 Å². The molecule has 0 fully saturated rings. The number of ether oxygens (including phenoxy) is 3. The molecule has 29 heavy (non-hydrogen) atoms. The Hall–Kier alpha value is -3.61. The molecule has 150 valence electrons. The van der Waals surface area contributed by atoms with Crippen LogP contribution in [0.25, 0.3) is 17.5 Å². The molecule has 0 saturated carbocycles. The number of rotatable bonds is 7. The number of methoxy groups -OCH3 is 2. The smallest absolute Gasteiger partial charge is 0.331 e. The molecule has 0 saturated heterocycles. The number of carbonyl (C=O) groups excluding carboxylic acids is 1. The van der Waals surface area contributed by atoms with Gasteiger partial charge in [-0.3, -0.25) is 0 Å². The van der Waals surface area contributed by atoms with Crippen molar-refractivity contribution in [2.75, 3.05) is 14.2 Å². The molecule has 0 aliphatic rings. The van der Waals surface area contributed by atoms with Crippen molar-refractivity contribution in [1.29, 1.82) is 0 Å². The molecular weight excluding hydrogens is 372 g/mol. The van der Waals surface area contributed by atoms with Crippen LogP contribution in [0.1, 0.15) is 30.0 Å². The van der Waals surface area contributed by atoms with Crippen molar-refractivity contribution >= 4 is 12.0 Å². The highest BCUT2D eigenvalue weighted by Gasteiger charge is 2.18. The Balaban J connectivity index is 1.65. The van der Waals surface area contributed by atoms with E-state index in [2.05, 4.69) is 10.2 Å². The molecule has 1 aromatic heterocycles. The van der Waals surface area contributed by atoms with Crippen LogP contribution in [0.2, 0.25) is 0 Å². The molecule has 1 unspecified atom stereocenters. The molecule has 0 spiro atoms. The second-order valence-corrected chi connectivity index (χ2v) is 6.33. The second-order valence-electron chi connectivity index (χ2n) is 6.33. The van der Waals surface area contributed by atoms with Gasteiger partial charge in [0.2, 0.25) is 5.89 Å². The predicted molar refractivity (Wildman–Crippen MR) is 108 cm³/mol. The van der Waals surface area contributed by atoms with Crippen LogP contribution < -0.4 is 9.47 Å². The van der Waals surface area contributed by atoms with Crippen molar-refractivity contribution in [3.63, 3.8) is 0 Å². The molecule has 0 N–H and O–H groups in total. The van der Waals surface area contributed by atoms with Crippen LogP contribution in [0.15, 0.2) is 53.0 Å². The maximum absolute atomic E-state index is 12.2. The number of benzene rings is 2. The SMILES string of the molecule is COc1ccc(/C=C/C(=O)OC(C)c2nnc(-c3ccc(C)cc3)o2)c(OC)c1. The van der Waals surface area contributed by atoms with E-state index < -0.39 is 12.1 Å². The first-order chi connectivity index (χ1) is 14.0. The molecule has 3 aromatic rings. The third-order valence-corrected chi connectivity index (χ3v) is 4.22. The number of aromatic nitrogens is 2. The zero-order valence-corrected chi connectivity index (χ0v) is 16.7. The molecule has 1 heterocycles. The number of nitrogens with zero attached hydrogens (tertiary/aromatic N) is 2. The fourth-order valence-electron chi connectivity index (χ4n) is 2.59. The highest BCUT2D eigenvalue weighted by Crippen LogP contribution is 2.26. The average Bonchev–Trinajstić information content (AvgIpc) is 3.23. The maximum Gasteiger partial charge on any atom is 0.331 e. The quantitative estimate of drug-likeness (QED) is 0.434. The lowest BCUT2D eigenvalue weighted by Crippen LogP contribution is -2.06. The lowest BCUT2D eigenvalue weighted by atomic mass is 10.1. The van der Waals surface area contributed by atoms with Crippen molar-refractivity contribution < 1.29 is 23.4 Å². The number of aryl methyl sites for hydroxylation is 1. The molecule has 7 heteroatoms. The molecule has 0 radical (unpaired) electrons. The largest absolute Gasteiger partial charge is 0.497 e. The molecule has 0 bridgehead atoms. The van der Waals surface area contributed by atoms with Crippen molar-refractivity contribution in [3.8, 4) is 23.0 Å². The van der Waals surface area contributed by atoms with Crippen molar-refractivity contribution in [2.24, 2.45) is 0 Å². The first-order valence-corrected chi connectivity index (χ1v) is 9.01. The minimum absolute atomic E-state index is 0.226. The Bertz CT molecular complexity index is 1010. The van der Waals surface area contributed by atoms with E-state index in [4.69, 9.17) is 18.6 Å². The fourth-order valence-corrected chi connectivity index (χ4v) is 2.59. The minimum atomic E-state index is -0.684. The standard InChI is InChI=1S/C22H22N2O5/c1-14-5-7-17(8-6-14)22-24-23-21(29-22)15(2)28-20(25)12-10-16-9-11-18(26-3)13-19(16)27-4/h5-13,15H,1-4H3/b12-10+. The van der Waals surface area contributed by atoms with Gasteiger partial charge in [-0.25, -0.2) is 4.79 Å². The topological polar surface area (TPSA) is 83.7 Å². The van der Waals surface area contributed by atoms with Crippen molar-refractivity contribution in [3.05, 3.63) is 65.6 Å². The number of hydrogen-bond donors (Lipinski definition) is 0. The zero-order valence-electron chi connectivity index (χ0n) is 16.7. The Morgan fingerprint density at radius 2 is 1.83 bits per heavy atom. The summed E-state index contributed by atoms with van der Waals surface area (Å²) in [5.41, 5.74) is 2.66. The summed E-state index contributed by atoms with van der Waals surface area (Å²) in [6, 6.07) is 13.0. The first kappa shape index (κ1) is 20.1. The Kier molecular flexibility index (Phi) is 6.29. The number of carbonyl (C=O) groups is 1. The summed E-state index contributed by atoms with van der Waals surface area (Å²) in [5, 5.41) is 8.00. The van der Waals surface area contributed by atoms with Gasteiger partial charge in [0.25, 0.3) is 5.89 Å². The lowest BCUT2D eigenvalue weighted by molar-refractivity contribution is -0.143. The maximum atomic E-state index is 12.2. The van der Waals surface area contributed by atoms with Crippen molar-refractivity contribution in [1.82, 2.24) is 10.2 Å². The van der Waals surface area contributed by atoms with Crippen LogP contribution in [-0.4, -0.2) is 30.4 Å². The number of esters is 1. The van der Waals surface area contributed by atoms with Gasteiger partial charge in [-0.1, -0.05) is 17.7 Å². The third kappa shape index (κ3) is 5.01. The van der Waals surface area contributed by atoms with Crippen LogP contribution in [0.4, 0.5) is 0 Å². The molecule has 0 aliphatic carbocycles. The average molecular weight is 394 g/mol. The van der Waals surface area contributed by atoms with E-state index in [1.807, 2.05) is 31.2 Å². The summed E-state index contributed by atoms with van der Waals surface area (Å²) in [6.45, 7) is 3.67. The van der Waals surface area contributed by atoms with Gasteiger partial charge in [0, 0.05) is 23.3 Å². The molecular formula is C22H22N2O5. The minimum Gasteiger partial charge on any atom is -0.497 e. The van der Waals surface area contributed by atoms with Gasteiger partial charge in [0.05, 0.1) is 14.2 Å². The van der Waals surface area contributed by atoms with Gasteiger partial charge in [-0.05, 0) is 44.2 Å². The fraction of sp³-hybridized carbons (Fsp3) is 0.227. The van der Waals surface area contributed by atoms with E-state index in [-0.39, 0.29) is 5.89 Å². The monoisotopic (exact) mass is 394 g/mol. The van der Waals surface area contributed by atoms with Gasteiger partial charge in [0.1, 0.15) is 11.5 Å². The van der Waals surface area contributed by atoms with E-state index in [1.165, 1.54) is 6.08 Å². The molecule has 2 aromatic carbocycles. The van der Waals surface area contributed by atoms with Crippen molar-refractivity contribution in [2.45, 2.75) is 20.0 Å². The Morgan fingerprint density at radius 1 is 1.07 bits per heavy atom. The Morgan fingerprint density at radius 3 is 2.52 bits per heavy atom. The van der Waals surface area contributed by atoms with Crippen LogP contribution in [0.3, 0.4) is 0 Å². The molecule has 0 aliphatic heterocycles. The summed E-state index contributed by atoms with van der Waals surface area (Å²) in [5.74, 6) is 1.31. The van der Waals surface area contributed by atoms with Gasteiger partial charge in [0.15, 0.2) is 6.10 Å². The second kappa shape index (κ2) is 9.05. The van der Waals surface area contributed by atoms with Gasteiger partial charge in [-0.15, -0.1) is 10.2 Å². The summed E-state index contributed by atoms with van der Waals surface area (Å²) >= 11 is 0. The normalized spacial score (nSPS) is 12.0. The van der Waals surface area contributed by atoms with E-state index in [1.54, 1.807) is 45.4 Å². The first-order valence-electron chi connectivity index (χ1n) is 9.01. The van der Waals surface area contributed by atoms with E-state index in [9.17, 15) is 4.79 Å². The van der Waals surface area contributed by atoms with Crippen LogP contribution in [0, 0.1) is 6.92 Å². The molecule has 7 nitrogen and oxygen atoms in total. The van der Waals surface area contributed by atoms with E-state index >= 15 is 0 Å². The summed E-state index contributed by atoms with van der Waals surface area (Å²) in [4.78, 5) is 12.2. The highest BCUT2D eigenvalue weighted by atomic mass is 16.6. The van der Waals surface area contributed by atoms with E-state index in [0.717, 1.165) is 16.7 Å². The summed E-state index contributed by atoms with van der Waals surface area (Å²) < 4.78 is 21.5. The summed E-state index contributed by atoms with van der Waals surface area (Å²) in [7, 11) is 3.12. The molecule has 1 atom stereocenters. The molecule has 3 rings (SSSR count). The van der Waals surface area contributed by atoms with Gasteiger partial charge < -0.3 is 18.6 Å². The van der Waals surface area contributed by atoms with Gasteiger partial charge >= 0.3 is 5.97 Å². The highest BCUT2D eigenvalue weighted by molar-refractivity contribution is 5.87. The zero-order chi connectivity index (χ0) is 20.8. The molecule has 0 amide bonds. The van der Waals surface area contributed by atoms with Crippen LogP contribution in [0.5, 0.6) is 11.5 Å². The van der Waals surface area contributed by atoms with Crippen LogP contribution >= 0.6 is 0 Å². The lowest BCUT2D eigenvalue weighted by Gasteiger charge is -2.08. The van der Waals surface area contributed by atoms with Crippen LogP contribution in [-0.2, 0) is 9.53 Å². The van der Waals surface area contributed by atoms with Gasteiger partial charge in [-0.2, -0.15) is 0 Å². The van der Waals surface area contributed by atoms with E-state index in [0.29, 0.717) is 17.4 Å². The summed E-state index contributed by atoms with van der Waals surface area (Å²) in [6.07, 6.45) is 2.24.